The minimum atomic E-state index is -3.65. The van der Waals surface area contributed by atoms with Gasteiger partial charge in [-0.25, -0.2) is 13.1 Å². The van der Waals surface area contributed by atoms with Crippen molar-refractivity contribution in [3.05, 3.63) is 70.6 Å². The van der Waals surface area contributed by atoms with Gasteiger partial charge in [0, 0.05) is 17.5 Å². The highest BCUT2D eigenvalue weighted by Gasteiger charge is 2.09. The summed E-state index contributed by atoms with van der Waals surface area (Å²) in [5, 5.41) is 1.06. The molecule has 6 nitrogen and oxygen atoms in total. The Morgan fingerprint density at radius 2 is 1.67 bits per heavy atom. The maximum atomic E-state index is 11.9. The van der Waals surface area contributed by atoms with Crippen LogP contribution in [0, 0.1) is 6.92 Å². The summed E-state index contributed by atoms with van der Waals surface area (Å²) in [7, 11) is -3.65. The molecule has 0 unspecified atom stereocenters. The molecule has 0 saturated heterocycles. The third kappa shape index (κ3) is 7.16. The van der Waals surface area contributed by atoms with Crippen molar-refractivity contribution in [3.8, 4) is 5.75 Å². The third-order valence-corrected chi connectivity index (χ3v) is 4.74. The molecule has 0 aliphatic carbocycles. The number of ether oxygens (including phenoxy) is 1. The first-order chi connectivity index (χ1) is 12.7. The standard InChI is InChI=1S/C20H21NO5S/c1-15-3-5-17(6-4-15)12-14-27(24,25)21-13-11-20(23)26-19-9-7-18(8-10-19)16(2)22/h3-10,12,14,21H,11,13H2,1-2H3/b14-12+. The summed E-state index contributed by atoms with van der Waals surface area (Å²) in [6, 6.07) is 13.6. The number of carbonyl (C=O) groups excluding carboxylic acids is 2. The lowest BCUT2D eigenvalue weighted by Gasteiger charge is -2.05. The van der Waals surface area contributed by atoms with Gasteiger partial charge < -0.3 is 4.74 Å². The normalized spacial score (nSPS) is 11.5. The summed E-state index contributed by atoms with van der Waals surface area (Å²) in [5.74, 6) is -0.358. The highest BCUT2D eigenvalue weighted by molar-refractivity contribution is 7.92. The summed E-state index contributed by atoms with van der Waals surface area (Å²) in [6.07, 6.45) is 1.36. The van der Waals surface area contributed by atoms with Gasteiger partial charge >= 0.3 is 5.97 Å². The Hall–Kier alpha value is -2.77. The van der Waals surface area contributed by atoms with Crippen molar-refractivity contribution in [2.24, 2.45) is 0 Å². The summed E-state index contributed by atoms with van der Waals surface area (Å²) in [6.45, 7) is 3.31. The Labute approximate surface area is 158 Å². The van der Waals surface area contributed by atoms with E-state index in [4.69, 9.17) is 4.74 Å². The van der Waals surface area contributed by atoms with E-state index < -0.39 is 16.0 Å². The molecule has 0 fully saturated rings. The van der Waals surface area contributed by atoms with E-state index in [1.807, 2.05) is 31.2 Å². The SMILES string of the molecule is CC(=O)c1ccc(OC(=O)CCNS(=O)(=O)/C=C/c2ccc(C)cc2)cc1. The van der Waals surface area contributed by atoms with Gasteiger partial charge in [-0.15, -0.1) is 0 Å². The number of Topliss-reactive ketones (excluding diaryl/α,β-unsaturated/α-hetero) is 1. The number of benzene rings is 2. The quantitative estimate of drug-likeness (QED) is 0.427. The third-order valence-electron chi connectivity index (χ3n) is 3.64. The fourth-order valence-electron chi connectivity index (χ4n) is 2.13. The van der Waals surface area contributed by atoms with Crippen LogP contribution in [0.2, 0.25) is 0 Å². The molecule has 2 aromatic rings. The fourth-order valence-corrected chi connectivity index (χ4v) is 2.95. The first kappa shape index (κ1) is 20.5. The van der Waals surface area contributed by atoms with Crippen molar-refractivity contribution >= 4 is 27.9 Å². The Bertz CT molecular complexity index is 929. The smallest absolute Gasteiger partial charge is 0.312 e. The van der Waals surface area contributed by atoms with E-state index in [1.54, 1.807) is 12.1 Å². The molecule has 2 aromatic carbocycles. The van der Waals surface area contributed by atoms with Crippen LogP contribution in [0.3, 0.4) is 0 Å². The second-order valence-electron chi connectivity index (χ2n) is 5.96. The van der Waals surface area contributed by atoms with Crippen molar-refractivity contribution in [1.82, 2.24) is 4.72 Å². The Morgan fingerprint density at radius 3 is 2.26 bits per heavy atom. The van der Waals surface area contributed by atoms with Gasteiger partial charge in [-0.05, 0) is 49.8 Å². The number of rotatable bonds is 8. The average molecular weight is 387 g/mol. The van der Waals surface area contributed by atoms with Crippen LogP contribution in [-0.4, -0.2) is 26.7 Å². The molecule has 0 heterocycles. The van der Waals surface area contributed by atoms with Gasteiger partial charge in [-0.1, -0.05) is 29.8 Å². The molecule has 0 radical (unpaired) electrons. The van der Waals surface area contributed by atoms with Crippen molar-refractivity contribution in [1.29, 1.82) is 0 Å². The van der Waals surface area contributed by atoms with Crippen molar-refractivity contribution in [2.45, 2.75) is 20.3 Å². The fraction of sp³-hybridized carbons (Fsp3) is 0.200. The first-order valence-corrected chi connectivity index (χ1v) is 9.86. The molecule has 0 spiro atoms. The summed E-state index contributed by atoms with van der Waals surface area (Å²) >= 11 is 0. The highest BCUT2D eigenvalue weighted by Crippen LogP contribution is 2.13. The number of carbonyl (C=O) groups is 2. The number of sulfonamides is 1. The van der Waals surface area contributed by atoms with Gasteiger partial charge in [-0.3, -0.25) is 9.59 Å². The topological polar surface area (TPSA) is 89.5 Å². The van der Waals surface area contributed by atoms with Crippen LogP contribution in [0.5, 0.6) is 5.75 Å². The van der Waals surface area contributed by atoms with Crippen LogP contribution in [0.1, 0.15) is 34.8 Å². The van der Waals surface area contributed by atoms with Crippen molar-refractivity contribution in [2.75, 3.05) is 6.54 Å². The molecule has 0 bridgehead atoms. The molecule has 0 amide bonds. The molecule has 0 aromatic heterocycles. The monoisotopic (exact) mass is 387 g/mol. The van der Waals surface area contributed by atoms with Gasteiger partial charge in [0.25, 0.3) is 0 Å². The lowest BCUT2D eigenvalue weighted by atomic mass is 10.1. The zero-order valence-electron chi connectivity index (χ0n) is 15.1. The highest BCUT2D eigenvalue weighted by atomic mass is 32.2. The second-order valence-corrected chi connectivity index (χ2v) is 7.61. The van der Waals surface area contributed by atoms with Crippen LogP contribution in [0.4, 0.5) is 0 Å². The van der Waals surface area contributed by atoms with Gasteiger partial charge in [0.2, 0.25) is 10.0 Å². The van der Waals surface area contributed by atoms with Crippen molar-refractivity contribution < 1.29 is 22.7 Å². The lowest BCUT2D eigenvalue weighted by molar-refractivity contribution is -0.134. The molecule has 0 atom stereocenters. The number of aryl methyl sites for hydroxylation is 1. The first-order valence-electron chi connectivity index (χ1n) is 8.31. The van der Waals surface area contributed by atoms with E-state index in [-0.39, 0.29) is 18.7 Å². The van der Waals surface area contributed by atoms with E-state index in [1.165, 1.54) is 25.1 Å². The molecule has 142 valence electrons. The van der Waals surface area contributed by atoms with E-state index in [0.29, 0.717) is 11.3 Å². The summed E-state index contributed by atoms with van der Waals surface area (Å²) < 4.78 is 31.3. The van der Waals surface area contributed by atoms with Crippen LogP contribution < -0.4 is 9.46 Å². The van der Waals surface area contributed by atoms with Crippen LogP contribution >= 0.6 is 0 Å². The molecule has 0 aliphatic rings. The van der Waals surface area contributed by atoms with Gasteiger partial charge in [0.15, 0.2) is 5.78 Å². The molecule has 1 N–H and O–H groups in total. The molecular weight excluding hydrogens is 366 g/mol. The number of ketones is 1. The maximum absolute atomic E-state index is 11.9. The number of nitrogens with one attached hydrogen (secondary N) is 1. The Balaban J connectivity index is 1.80. The van der Waals surface area contributed by atoms with Gasteiger partial charge in [0.1, 0.15) is 5.75 Å². The Morgan fingerprint density at radius 1 is 1.04 bits per heavy atom. The van der Waals surface area contributed by atoms with Gasteiger partial charge in [-0.2, -0.15) is 0 Å². The zero-order valence-corrected chi connectivity index (χ0v) is 16.0. The molecular formula is C20H21NO5S. The molecule has 27 heavy (non-hydrogen) atoms. The average Bonchev–Trinajstić information content (AvgIpc) is 2.61. The largest absolute Gasteiger partial charge is 0.426 e. The van der Waals surface area contributed by atoms with Crippen molar-refractivity contribution in [3.63, 3.8) is 0 Å². The number of hydrogen-bond acceptors (Lipinski definition) is 5. The second kappa shape index (κ2) is 9.25. The minimum absolute atomic E-state index is 0.0784. The zero-order chi connectivity index (χ0) is 19.9. The summed E-state index contributed by atoms with van der Waals surface area (Å²) in [4.78, 5) is 23.0. The molecule has 7 heteroatoms. The van der Waals surface area contributed by atoms with Crippen LogP contribution in [-0.2, 0) is 14.8 Å². The predicted molar refractivity (Wildman–Crippen MR) is 104 cm³/mol. The summed E-state index contributed by atoms with van der Waals surface area (Å²) in [5.41, 5.74) is 2.37. The number of esters is 1. The maximum Gasteiger partial charge on any atom is 0.312 e. The predicted octanol–water partition coefficient (Wildman–Crippen LogP) is 3.08. The minimum Gasteiger partial charge on any atom is -0.426 e. The van der Waals surface area contributed by atoms with E-state index in [2.05, 4.69) is 4.72 Å². The Kier molecular flexibility index (Phi) is 7.04. The molecule has 0 aliphatic heterocycles. The lowest BCUT2D eigenvalue weighted by Crippen LogP contribution is -2.25. The number of hydrogen-bond donors (Lipinski definition) is 1. The van der Waals surface area contributed by atoms with Crippen LogP contribution in [0.25, 0.3) is 6.08 Å². The van der Waals surface area contributed by atoms with Crippen LogP contribution in [0.15, 0.2) is 53.9 Å². The molecule has 0 saturated carbocycles. The van der Waals surface area contributed by atoms with E-state index >= 15 is 0 Å². The van der Waals surface area contributed by atoms with E-state index in [0.717, 1.165) is 16.5 Å². The van der Waals surface area contributed by atoms with Gasteiger partial charge in [0.05, 0.1) is 6.42 Å². The van der Waals surface area contributed by atoms with E-state index in [9.17, 15) is 18.0 Å². The molecule has 2 rings (SSSR count).